The van der Waals surface area contributed by atoms with Gasteiger partial charge in [0.2, 0.25) is 0 Å². The molecular formula is C20H39IN6. The number of nitrogens with zero attached hydrogens (tertiary/aromatic N) is 4. The Morgan fingerprint density at radius 2 is 2.00 bits per heavy atom. The highest BCUT2D eigenvalue weighted by Crippen LogP contribution is 2.18. The molecule has 0 spiro atoms. The van der Waals surface area contributed by atoms with Crippen LogP contribution in [-0.4, -0.2) is 59.4 Å². The summed E-state index contributed by atoms with van der Waals surface area (Å²) < 4.78 is 1.97. The molecule has 1 saturated heterocycles. The van der Waals surface area contributed by atoms with Gasteiger partial charge in [-0.2, -0.15) is 5.10 Å². The highest BCUT2D eigenvalue weighted by atomic mass is 127. The fourth-order valence-corrected chi connectivity index (χ4v) is 3.95. The second kappa shape index (κ2) is 11.2. The van der Waals surface area contributed by atoms with Crippen molar-refractivity contribution in [3.63, 3.8) is 0 Å². The van der Waals surface area contributed by atoms with Crippen LogP contribution in [0.1, 0.15) is 50.6 Å². The molecule has 0 bridgehead atoms. The molecule has 2 atom stereocenters. The van der Waals surface area contributed by atoms with Gasteiger partial charge in [0, 0.05) is 45.0 Å². The molecule has 156 valence electrons. The second-order valence-corrected chi connectivity index (χ2v) is 8.16. The number of hydrogen-bond donors (Lipinski definition) is 2. The lowest BCUT2D eigenvalue weighted by Crippen LogP contribution is -2.48. The van der Waals surface area contributed by atoms with Crippen molar-refractivity contribution in [1.82, 2.24) is 25.3 Å². The van der Waals surface area contributed by atoms with Crippen molar-refractivity contribution in [2.75, 3.05) is 26.7 Å². The minimum Gasteiger partial charge on any atom is -0.355 e. The van der Waals surface area contributed by atoms with Crippen molar-refractivity contribution in [3.8, 4) is 0 Å². The van der Waals surface area contributed by atoms with Gasteiger partial charge in [-0.15, -0.1) is 24.0 Å². The van der Waals surface area contributed by atoms with Crippen molar-refractivity contribution >= 4 is 29.9 Å². The molecule has 2 rings (SSSR count). The van der Waals surface area contributed by atoms with Gasteiger partial charge in [0.25, 0.3) is 0 Å². The van der Waals surface area contributed by atoms with Gasteiger partial charge >= 0.3 is 0 Å². The van der Waals surface area contributed by atoms with E-state index >= 15 is 0 Å². The number of nitrogens with one attached hydrogen (secondary N) is 2. The fraction of sp³-hybridized carbons (Fsp3) is 0.800. The Morgan fingerprint density at radius 3 is 2.56 bits per heavy atom. The molecule has 2 heterocycles. The van der Waals surface area contributed by atoms with Crippen molar-refractivity contribution in [1.29, 1.82) is 0 Å². The van der Waals surface area contributed by atoms with Crippen LogP contribution in [-0.2, 0) is 13.5 Å². The molecule has 7 heteroatoms. The molecule has 1 unspecified atom stereocenters. The van der Waals surface area contributed by atoms with E-state index in [2.05, 4.69) is 60.2 Å². The van der Waals surface area contributed by atoms with Crippen LogP contribution in [0.25, 0.3) is 0 Å². The van der Waals surface area contributed by atoms with E-state index in [0.29, 0.717) is 12.1 Å². The molecule has 6 nitrogen and oxygen atoms in total. The van der Waals surface area contributed by atoms with E-state index in [-0.39, 0.29) is 24.0 Å². The number of guanidine groups is 1. The minimum absolute atomic E-state index is 0. The zero-order chi connectivity index (χ0) is 19.3. The molecule has 1 aromatic heterocycles. The predicted molar refractivity (Wildman–Crippen MR) is 125 cm³/mol. The summed E-state index contributed by atoms with van der Waals surface area (Å²) >= 11 is 0. The topological polar surface area (TPSA) is 57.5 Å². The molecule has 2 N–H and O–H groups in total. The molecule has 0 radical (unpaired) electrons. The third kappa shape index (κ3) is 6.93. The lowest BCUT2D eigenvalue weighted by Gasteiger charge is -2.27. The molecule has 0 amide bonds. The van der Waals surface area contributed by atoms with E-state index in [9.17, 15) is 0 Å². The Kier molecular flexibility index (Phi) is 10.1. The number of aromatic nitrogens is 2. The first-order valence-electron chi connectivity index (χ1n) is 10.0. The zero-order valence-electron chi connectivity index (χ0n) is 18.2. The van der Waals surface area contributed by atoms with Crippen LogP contribution in [0.3, 0.4) is 0 Å². The van der Waals surface area contributed by atoms with Crippen molar-refractivity contribution in [2.24, 2.45) is 18.0 Å². The van der Waals surface area contributed by atoms with E-state index < -0.39 is 0 Å². The van der Waals surface area contributed by atoms with E-state index in [4.69, 9.17) is 0 Å². The zero-order valence-corrected chi connectivity index (χ0v) is 20.5. The number of aryl methyl sites for hydroxylation is 2. The Hall–Kier alpha value is -0.830. The van der Waals surface area contributed by atoms with Gasteiger partial charge in [0.15, 0.2) is 5.96 Å². The predicted octanol–water partition coefficient (Wildman–Crippen LogP) is 2.87. The molecule has 1 aliphatic heterocycles. The van der Waals surface area contributed by atoms with Crippen LogP contribution in [0.15, 0.2) is 4.99 Å². The van der Waals surface area contributed by atoms with Crippen molar-refractivity contribution in [3.05, 3.63) is 17.0 Å². The van der Waals surface area contributed by atoms with Crippen LogP contribution in [0.5, 0.6) is 0 Å². The summed E-state index contributed by atoms with van der Waals surface area (Å²) in [5.74, 6) is 1.62. The monoisotopic (exact) mass is 490 g/mol. The lowest BCUT2D eigenvalue weighted by molar-refractivity contribution is 0.226. The average Bonchev–Trinajstić information content (AvgIpc) is 3.10. The van der Waals surface area contributed by atoms with Gasteiger partial charge in [0.05, 0.1) is 5.69 Å². The summed E-state index contributed by atoms with van der Waals surface area (Å²) in [6.45, 7) is 14.4. The molecule has 1 aliphatic rings. The van der Waals surface area contributed by atoms with Crippen LogP contribution in [0.2, 0.25) is 0 Å². The number of hydrogen-bond acceptors (Lipinski definition) is 3. The van der Waals surface area contributed by atoms with Gasteiger partial charge in [0.1, 0.15) is 0 Å². The highest BCUT2D eigenvalue weighted by Gasteiger charge is 2.25. The van der Waals surface area contributed by atoms with E-state index in [1.54, 1.807) is 0 Å². The van der Waals surface area contributed by atoms with Crippen LogP contribution in [0.4, 0.5) is 0 Å². The van der Waals surface area contributed by atoms with E-state index in [0.717, 1.165) is 30.5 Å². The first-order chi connectivity index (χ1) is 12.3. The Morgan fingerprint density at radius 1 is 1.30 bits per heavy atom. The first-order valence-corrected chi connectivity index (χ1v) is 10.0. The summed E-state index contributed by atoms with van der Waals surface area (Å²) in [7, 11) is 3.86. The van der Waals surface area contributed by atoms with Crippen LogP contribution < -0.4 is 10.6 Å². The molecular weight excluding hydrogens is 451 g/mol. The Labute approximate surface area is 182 Å². The Balaban J connectivity index is 0.00000364. The molecule has 0 aromatic carbocycles. The van der Waals surface area contributed by atoms with Gasteiger partial charge in [-0.1, -0.05) is 13.8 Å². The quantitative estimate of drug-likeness (QED) is 0.351. The van der Waals surface area contributed by atoms with Gasteiger partial charge in [-0.05, 0) is 58.1 Å². The summed E-state index contributed by atoms with van der Waals surface area (Å²) in [6, 6.07) is 0.923. The number of rotatable bonds is 7. The van der Waals surface area contributed by atoms with Crippen LogP contribution in [0, 0.1) is 19.8 Å². The second-order valence-electron chi connectivity index (χ2n) is 8.16. The van der Waals surface area contributed by atoms with Crippen molar-refractivity contribution < 1.29 is 0 Å². The maximum atomic E-state index is 4.52. The summed E-state index contributed by atoms with van der Waals surface area (Å²) in [6.07, 6.45) is 3.54. The third-order valence-electron chi connectivity index (χ3n) is 5.38. The maximum absolute atomic E-state index is 4.52. The minimum atomic E-state index is 0. The normalized spacial score (nSPS) is 19.3. The number of likely N-dealkylation sites (tertiary alicyclic amines) is 1. The molecule has 0 saturated carbocycles. The Bertz CT molecular complexity index is 610. The highest BCUT2D eigenvalue weighted by molar-refractivity contribution is 14.0. The van der Waals surface area contributed by atoms with E-state index in [1.807, 2.05) is 18.8 Å². The SMILES string of the molecule is CN=C(NC[C@H]1CCCN1CC(C)C)NC(C)Cc1c(C)nn(C)c1C.I. The molecule has 27 heavy (non-hydrogen) atoms. The maximum Gasteiger partial charge on any atom is 0.191 e. The van der Waals surface area contributed by atoms with Crippen LogP contribution >= 0.6 is 24.0 Å². The summed E-state index contributed by atoms with van der Waals surface area (Å²) in [5.41, 5.74) is 3.70. The summed E-state index contributed by atoms with van der Waals surface area (Å²) in [5, 5.41) is 11.6. The van der Waals surface area contributed by atoms with Gasteiger partial charge in [-0.3, -0.25) is 14.6 Å². The van der Waals surface area contributed by atoms with Gasteiger partial charge in [-0.25, -0.2) is 0 Å². The average molecular weight is 490 g/mol. The number of aliphatic imine (C=N–C) groups is 1. The number of halogens is 1. The standard InChI is InChI=1S/C20H38N6.HI/c1-14(2)13-26-10-8-9-18(26)12-22-20(21-6)23-15(3)11-19-16(4)24-25(7)17(19)5;/h14-15,18H,8-13H2,1-7H3,(H2,21,22,23);1H/t15?,18-;/m1./s1. The third-order valence-corrected chi connectivity index (χ3v) is 5.38. The first kappa shape index (κ1) is 24.2. The molecule has 0 aliphatic carbocycles. The lowest BCUT2D eigenvalue weighted by atomic mass is 10.1. The van der Waals surface area contributed by atoms with Crippen molar-refractivity contribution in [2.45, 2.75) is 66.0 Å². The van der Waals surface area contributed by atoms with Gasteiger partial charge < -0.3 is 10.6 Å². The molecule has 1 aromatic rings. The molecule has 1 fully saturated rings. The van der Waals surface area contributed by atoms with E-state index in [1.165, 1.54) is 37.2 Å². The largest absolute Gasteiger partial charge is 0.355 e. The smallest absolute Gasteiger partial charge is 0.191 e. The summed E-state index contributed by atoms with van der Waals surface area (Å²) in [4.78, 5) is 7.04. The fourth-order valence-electron chi connectivity index (χ4n) is 3.95.